The summed E-state index contributed by atoms with van der Waals surface area (Å²) in [4.78, 5) is 2.03. The van der Waals surface area contributed by atoms with E-state index < -0.39 is 0 Å². The van der Waals surface area contributed by atoms with E-state index in [1.165, 1.54) is 0 Å². The lowest BCUT2D eigenvalue weighted by Gasteiger charge is -2.22. The van der Waals surface area contributed by atoms with Gasteiger partial charge in [-0.25, -0.2) is 0 Å². The molecule has 0 unspecified atom stereocenters. The number of hydrogen-bond donors (Lipinski definition) is 0. The minimum Gasteiger partial charge on any atom is -0.497 e. The Morgan fingerprint density at radius 3 is 2.77 bits per heavy atom. The second-order valence-corrected chi connectivity index (χ2v) is 5.56. The molecule has 1 aliphatic heterocycles. The molecular formula is C16H22N4O2. The molecule has 1 saturated heterocycles. The molecule has 0 atom stereocenters. The maximum atomic E-state index is 5.43. The average Bonchev–Trinajstić information content (AvgIpc) is 2.96. The lowest BCUT2D eigenvalue weighted by molar-refractivity contribution is 0.0830. The smallest absolute Gasteiger partial charge is 0.231 e. The average molecular weight is 302 g/mol. The molecule has 2 aromatic rings. The van der Waals surface area contributed by atoms with Gasteiger partial charge in [-0.3, -0.25) is 4.57 Å². The second-order valence-electron chi connectivity index (χ2n) is 5.56. The SMILES string of the molecule is COc1cccc(N(C)c2nnc(C3CCOCC3)n2C)c1. The van der Waals surface area contributed by atoms with Gasteiger partial charge in [-0.2, -0.15) is 0 Å². The zero-order valence-electron chi connectivity index (χ0n) is 13.3. The van der Waals surface area contributed by atoms with Crippen molar-refractivity contribution in [2.45, 2.75) is 18.8 Å². The lowest BCUT2D eigenvalue weighted by atomic mass is 10.00. The summed E-state index contributed by atoms with van der Waals surface area (Å²) in [6.07, 6.45) is 2.02. The minimum atomic E-state index is 0.429. The van der Waals surface area contributed by atoms with E-state index in [0.29, 0.717) is 5.92 Å². The summed E-state index contributed by atoms with van der Waals surface area (Å²) in [6.45, 7) is 1.61. The Bertz CT molecular complexity index is 635. The zero-order chi connectivity index (χ0) is 15.5. The summed E-state index contributed by atoms with van der Waals surface area (Å²) in [5.74, 6) is 3.12. The number of ether oxygens (including phenoxy) is 2. The third kappa shape index (κ3) is 2.78. The summed E-state index contributed by atoms with van der Waals surface area (Å²) in [6, 6.07) is 7.93. The van der Waals surface area contributed by atoms with Crippen LogP contribution in [-0.2, 0) is 11.8 Å². The molecule has 1 aromatic carbocycles. The Morgan fingerprint density at radius 2 is 2.05 bits per heavy atom. The highest BCUT2D eigenvalue weighted by Gasteiger charge is 2.23. The first kappa shape index (κ1) is 14.8. The van der Waals surface area contributed by atoms with Gasteiger partial charge in [-0.1, -0.05) is 6.07 Å². The van der Waals surface area contributed by atoms with Crippen molar-refractivity contribution < 1.29 is 9.47 Å². The molecule has 0 N–H and O–H groups in total. The van der Waals surface area contributed by atoms with E-state index in [9.17, 15) is 0 Å². The highest BCUT2D eigenvalue weighted by Crippen LogP contribution is 2.30. The predicted octanol–water partition coefficient (Wildman–Crippen LogP) is 2.49. The molecule has 0 bridgehead atoms. The summed E-state index contributed by atoms with van der Waals surface area (Å²) < 4.78 is 12.8. The van der Waals surface area contributed by atoms with E-state index in [2.05, 4.69) is 14.8 Å². The second kappa shape index (κ2) is 6.36. The van der Waals surface area contributed by atoms with E-state index in [-0.39, 0.29) is 0 Å². The summed E-state index contributed by atoms with van der Waals surface area (Å²) in [5.41, 5.74) is 1.02. The van der Waals surface area contributed by atoms with Gasteiger partial charge in [-0.15, -0.1) is 10.2 Å². The van der Waals surface area contributed by atoms with Gasteiger partial charge < -0.3 is 14.4 Å². The Balaban J connectivity index is 1.86. The normalized spacial score (nSPS) is 15.8. The van der Waals surface area contributed by atoms with Gasteiger partial charge in [-0.05, 0) is 25.0 Å². The van der Waals surface area contributed by atoms with E-state index in [4.69, 9.17) is 9.47 Å². The monoisotopic (exact) mass is 302 g/mol. The van der Waals surface area contributed by atoms with E-state index >= 15 is 0 Å². The molecule has 1 aliphatic rings. The quantitative estimate of drug-likeness (QED) is 0.868. The summed E-state index contributed by atoms with van der Waals surface area (Å²) in [5, 5.41) is 8.79. The molecule has 118 valence electrons. The van der Waals surface area contributed by atoms with Crippen LogP contribution in [0.25, 0.3) is 0 Å². The van der Waals surface area contributed by atoms with Gasteiger partial charge in [0.05, 0.1) is 7.11 Å². The van der Waals surface area contributed by atoms with Gasteiger partial charge in [0, 0.05) is 45.0 Å². The first-order valence-electron chi connectivity index (χ1n) is 7.55. The molecule has 0 amide bonds. The van der Waals surface area contributed by atoms with Crippen LogP contribution in [0, 0.1) is 0 Å². The van der Waals surface area contributed by atoms with Crippen molar-refractivity contribution in [3.8, 4) is 5.75 Å². The predicted molar refractivity (Wildman–Crippen MR) is 84.9 cm³/mol. The summed E-state index contributed by atoms with van der Waals surface area (Å²) in [7, 11) is 5.69. The van der Waals surface area contributed by atoms with Gasteiger partial charge >= 0.3 is 0 Å². The molecule has 0 aliphatic carbocycles. The molecule has 3 rings (SSSR count). The molecule has 0 saturated carbocycles. The number of rotatable bonds is 4. The van der Waals surface area contributed by atoms with Crippen molar-refractivity contribution in [2.24, 2.45) is 7.05 Å². The Kier molecular flexibility index (Phi) is 4.29. The van der Waals surface area contributed by atoms with Crippen LogP contribution in [0.5, 0.6) is 5.75 Å². The van der Waals surface area contributed by atoms with Crippen LogP contribution in [-0.4, -0.2) is 42.1 Å². The zero-order valence-corrected chi connectivity index (χ0v) is 13.3. The molecule has 0 spiro atoms. The number of nitrogens with zero attached hydrogens (tertiary/aromatic N) is 4. The standard InChI is InChI=1S/C16H22N4O2/c1-19(13-5-4-6-14(11-13)21-3)16-18-17-15(20(16)2)12-7-9-22-10-8-12/h4-6,11-12H,7-10H2,1-3H3. The Morgan fingerprint density at radius 1 is 1.27 bits per heavy atom. The van der Waals surface area contributed by atoms with Gasteiger partial charge in [0.1, 0.15) is 11.6 Å². The Hall–Kier alpha value is -2.08. The maximum Gasteiger partial charge on any atom is 0.231 e. The van der Waals surface area contributed by atoms with Crippen LogP contribution >= 0.6 is 0 Å². The van der Waals surface area contributed by atoms with Crippen LogP contribution in [0.2, 0.25) is 0 Å². The van der Waals surface area contributed by atoms with Crippen molar-refractivity contribution >= 4 is 11.6 Å². The first-order chi connectivity index (χ1) is 10.7. The van der Waals surface area contributed by atoms with Gasteiger partial charge in [0.25, 0.3) is 0 Å². The van der Waals surface area contributed by atoms with E-state index in [1.54, 1.807) is 7.11 Å². The number of anilines is 2. The van der Waals surface area contributed by atoms with Gasteiger partial charge in [0.15, 0.2) is 0 Å². The lowest BCUT2D eigenvalue weighted by Crippen LogP contribution is -2.19. The molecule has 6 heteroatoms. The number of aromatic nitrogens is 3. The maximum absolute atomic E-state index is 5.43. The van der Waals surface area contributed by atoms with Crippen molar-refractivity contribution in [1.82, 2.24) is 14.8 Å². The van der Waals surface area contributed by atoms with Crippen molar-refractivity contribution in [3.63, 3.8) is 0 Å². The van der Waals surface area contributed by atoms with Crippen LogP contribution < -0.4 is 9.64 Å². The highest BCUT2D eigenvalue weighted by atomic mass is 16.5. The number of hydrogen-bond acceptors (Lipinski definition) is 5. The molecule has 1 fully saturated rings. The largest absolute Gasteiger partial charge is 0.497 e. The summed E-state index contributed by atoms with van der Waals surface area (Å²) >= 11 is 0. The number of benzene rings is 1. The first-order valence-corrected chi connectivity index (χ1v) is 7.55. The fourth-order valence-electron chi connectivity index (χ4n) is 2.87. The Labute approximate surface area is 130 Å². The minimum absolute atomic E-state index is 0.429. The molecular weight excluding hydrogens is 280 g/mol. The molecule has 6 nitrogen and oxygen atoms in total. The molecule has 2 heterocycles. The number of methoxy groups -OCH3 is 1. The fraction of sp³-hybridized carbons (Fsp3) is 0.500. The van der Waals surface area contributed by atoms with Crippen LogP contribution in [0.15, 0.2) is 24.3 Å². The third-order valence-corrected chi connectivity index (χ3v) is 4.21. The van der Waals surface area contributed by atoms with Crippen LogP contribution in [0.1, 0.15) is 24.6 Å². The fourth-order valence-corrected chi connectivity index (χ4v) is 2.87. The van der Waals surface area contributed by atoms with Crippen molar-refractivity contribution in [2.75, 3.05) is 32.3 Å². The molecule has 1 aromatic heterocycles. The van der Waals surface area contributed by atoms with Crippen molar-refractivity contribution in [3.05, 3.63) is 30.1 Å². The highest BCUT2D eigenvalue weighted by molar-refractivity contribution is 5.58. The van der Waals surface area contributed by atoms with Crippen LogP contribution in [0.3, 0.4) is 0 Å². The van der Waals surface area contributed by atoms with Crippen LogP contribution in [0.4, 0.5) is 11.6 Å². The van der Waals surface area contributed by atoms with Gasteiger partial charge in [0.2, 0.25) is 5.95 Å². The van der Waals surface area contributed by atoms with E-state index in [0.717, 1.165) is 49.3 Å². The molecule has 0 radical (unpaired) electrons. The van der Waals surface area contributed by atoms with E-state index in [1.807, 2.05) is 43.3 Å². The third-order valence-electron chi connectivity index (χ3n) is 4.21. The van der Waals surface area contributed by atoms with Crippen molar-refractivity contribution in [1.29, 1.82) is 0 Å². The topological polar surface area (TPSA) is 52.4 Å². The molecule has 22 heavy (non-hydrogen) atoms.